The van der Waals surface area contributed by atoms with Crippen LogP contribution in [0, 0.1) is 11.3 Å². The number of rotatable bonds is 5. The minimum atomic E-state index is -3.95. The molecule has 0 aromatic carbocycles. The molecule has 0 unspecified atom stereocenters. The number of aromatic nitrogens is 1. The third-order valence-corrected chi connectivity index (χ3v) is 5.15. The molecule has 1 N–H and O–H groups in total. The second kappa shape index (κ2) is 5.14. The van der Waals surface area contributed by atoms with Gasteiger partial charge in [0.25, 0.3) is 10.0 Å². The second-order valence-electron chi connectivity index (χ2n) is 5.62. The Bertz CT molecular complexity index is 684. The molecular weight excluding hydrogens is 290 g/mol. The lowest BCUT2D eigenvalue weighted by atomic mass is 10.1. The van der Waals surface area contributed by atoms with Gasteiger partial charge in [0.15, 0.2) is 0 Å². The molecular formula is C14H19N3O3S. The fraction of sp³-hybridized carbons (Fsp3) is 0.429. The van der Waals surface area contributed by atoms with Crippen LogP contribution >= 0.6 is 0 Å². The van der Waals surface area contributed by atoms with Gasteiger partial charge in [-0.15, -0.1) is 6.58 Å². The highest BCUT2D eigenvalue weighted by Crippen LogP contribution is 2.53. The lowest BCUT2D eigenvalue weighted by Gasteiger charge is -2.17. The third kappa shape index (κ3) is 2.78. The van der Waals surface area contributed by atoms with Crippen LogP contribution in [0.2, 0.25) is 0 Å². The largest absolute Gasteiger partial charge is 0.362 e. The van der Waals surface area contributed by atoms with E-state index in [4.69, 9.17) is 0 Å². The van der Waals surface area contributed by atoms with Crippen LogP contribution in [-0.2, 0) is 14.8 Å². The van der Waals surface area contributed by atoms with Crippen LogP contribution in [0.15, 0.2) is 35.9 Å². The predicted octanol–water partition coefficient (Wildman–Crippen LogP) is 1.16. The minimum Gasteiger partial charge on any atom is -0.362 e. The standard InChI is InChI=1S/C14H19N3O3S/c1-5-10-9-14(10,2)13(18)16-21(19,20)11-7-6-8-15-12(11)17(3)4/h5-8,10H,1,9H2,2-4H3,(H,16,18)/t10-,14+/m1/s1. The van der Waals surface area contributed by atoms with E-state index < -0.39 is 21.3 Å². The van der Waals surface area contributed by atoms with Crippen LogP contribution in [0.1, 0.15) is 13.3 Å². The summed E-state index contributed by atoms with van der Waals surface area (Å²) in [5, 5.41) is 0. The van der Waals surface area contributed by atoms with Gasteiger partial charge in [0, 0.05) is 20.3 Å². The highest BCUT2D eigenvalue weighted by atomic mass is 32.2. The maximum absolute atomic E-state index is 12.4. The van der Waals surface area contributed by atoms with Gasteiger partial charge >= 0.3 is 0 Å². The molecule has 1 fully saturated rings. The summed E-state index contributed by atoms with van der Waals surface area (Å²) in [7, 11) is -0.561. The third-order valence-electron chi connectivity index (χ3n) is 3.80. The van der Waals surface area contributed by atoms with Crippen molar-refractivity contribution in [3.05, 3.63) is 31.0 Å². The van der Waals surface area contributed by atoms with Crippen LogP contribution < -0.4 is 9.62 Å². The number of carbonyl (C=O) groups excluding carboxylic acids is 1. The molecule has 6 nitrogen and oxygen atoms in total. The summed E-state index contributed by atoms with van der Waals surface area (Å²) in [6, 6.07) is 2.95. The SMILES string of the molecule is C=C[C@@H]1C[C@]1(C)C(=O)NS(=O)(=O)c1cccnc1N(C)C. The van der Waals surface area contributed by atoms with Crippen molar-refractivity contribution < 1.29 is 13.2 Å². The Morgan fingerprint density at radius 2 is 2.24 bits per heavy atom. The van der Waals surface area contributed by atoms with Crippen molar-refractivity contribution in [3.8, 4) is 0 Å². The molecule has 0 saturated heterocycles. The van der Waals surface area contributed by atoms with E-state index in [2.05, 4.69) is 16.3 Å². The first kappa shape index (κ1) is 15.5. The highest BCUT2D eigenvalue weighted by molar-refractivity contribution is 7.90. The van der Waals surface area contributed by atoms with Gasteiger partial charge in [-0.25, -0.2) is 18.1 Å². The van der Waals surface area contributed by atoms with Crippen molar-refractivity contribution in [2.45, 2.75) is 18.2 Å². The van der Waals surface area contributed by atoms with Crippen molar-refractivity contribution in [2.75, 3.05) is 19.0 Å². The Kier molecular flexibility index (Phi) is 3.79. The molecule has 0 aliphatic heterocycles. The number of anilines is 1. The smallest absolute Gasteiger partial charge is 0.267 e. The fourth-order valence-corrected chi connectivity index (χ4v) is 3.54. The summed E-state index contributed by atoms with van der Waals surface area (Å²) < 4.78 is 27.0. The van der Waals surface area contributed by atoms with Gasteiger partial charge in [-0.2, -0.15) is 0 Å². The Balaban J connectivity index is 2.28. The highest BCUT2D eigenvalue weighted by Gasteiger charge is 2.55. The Hall–Kier alpha value is -1.89. The van der Waals surface area contributed by atoms with E-state index in [1.807, 2.05) is 0 Å². The molecule has 0 spiro atoms. The first-order valence-corrected chi connectivity index (χ1v) is 8.03. The molecule has 1 aromatic heterocycles. The average Bonchev–Trinajstić information content (AvgIpc) is 3.11. The summed E-state index contributed by atoms with van der Waals surface area (Å²) >= 11 is 0. The predicted molar refractivity (Wildman–Crippen MR) is 80.3 cm³/mol. The lowest BCUT2D eigenvalue weighted by molar-refractivity contribution is -0.124. The zero-order valence-electron chi connectivity index (χ0n) is 12.3. The van der Waals surface area contributed by atoms with Crippen LogP contribution in [0.3, 0.4) is 0 Å². The molecule has 114 valence electrons. The monoisotopic (exact) mass is 309 g/mol. The average molecular weight is 309 g/mol. The van der Waals surface area contributed by atoms with E-state index in [0.717, 1.165) is 0 Å². The summed E-state index contributed by atoms with van der Waals surface area (Å²) in [4.78, 5) is 17.8. The van der Waals surface area contributed by atoms with Gasteiger partial charge in [0.05, 0.1) is 5.41 Å². The fourth-order valence-electron chi connectivity index (χ4n) is 2.22. The zero-order chi connectivity index (χ0) is 15.8. The molecule has 7 heteroatoms. The van der Waals surface area contributed by atoms with Crippen LogP contribution in [-0.4, -0.2) is 33.4 Å². The zero-order valence-corrected chi connectivity index (χ0v) is 13.1. The molecule has 1 saturated carbocycles. The van der Waals surface area contributed by atoms with Gasteiger partial charge in [-0.1, -0.05) is 13.0 Å². The Labute approximate surface area is 124 Å². The normalized spacial score (nSPS) is 24.2. The number of pyridine rings is 1. The van der Waals surface area contributed by atoms with Gasteiger partial charge in [-0.05, 0) is 24.5 Å². The van der Waals surface area contributed by atoms with E-state index in [9.17, 15) is 13.2 Å². The van der Waals surface area contributed by atoms with Gasteiger partial charge < -0.3 is 4.90 Å². The molecule has 2 atom stereocenters. The maximum Gasteiger partial charge on any atom is 0.267 e. The number of hydrogen-bond donors (Lipinski definition) is 1. The van der Waals surface area contributed by atoms with E-state index in [1.54, 1.807) is 32.0 Å². The van der Waals surface area contributed by atoms with Crippen molar-refractivity contribution >= 4 is 21.7 Å². The number of nitrogens with zero attached hydrogens (tertiary/aromatic N) is 2. The Morgan fingerprint density at radius 1 is 1.57 bits per heavy atom. The Morgan fingerprint density at radius 3 is 2.76 bits per heavy atom. The van der Waals surface area contributed by atoms with Crippen molar-refractivity contribution in [3.63, 3.8) is 0 Å². The number of sulfonamides is 1. The summed E-state index contributed by atoms with van der Waals surface area (Å²) in [5.41, 5.74) is -0.685. The molecule has 1 amide bonds. The van der Waals surface area contributed by atoms with Crippen LogP contribution in [0.5, 0.6) is 0 Å². The minimum absolute atomic E-state index is 0.0113. The molecule has 1 aliphatic rings. The topological polar surface area (TPSA) is 79.4 Å². The first-order chi connectivity index (χ1) is 9.72. The first-order valence-electron chi connectivity index (χ1n) is 6.54. The van der Waals surface area contributed by atoms with Crippen molar-refractivity contribution in [1.29, 1.82) is 0 Å². The van der Waals surface area contributed by atoms with Gasteiger partial charge in [-0.3, -0.25) is 4.79 Å². The molecule has 0 radical (unpaired) electrons. The van der Waals surface area contributed by atoms with Crippen molar-refractivity contribution in [1.82, 2.24) is 9.71 Å². The number of allylic oxidation sites excluding steroid dienone is 1. The van der Waals surface area contributed by atoms with Crippen LogP contribution in [0.4, 0.5) is 5.82 Å². The second-order valence-corrected chi connectivity index (χ2v) is 7.27. The van der Waals surface area contributed by atoms with Crippen molar-refractivity contribution in [2.24, 2.45) is 11.3 Å². The van der Waals surface area contributed by atoms with E-state index in [0.29, 0.717) is 12.2 Å². The quantitative estimate of drug-likeness (QED) is 0.826. The maximum atomic E-state index is 12.4. The molecule has 21 heavy (non-hydrogen) atoms. The molecule has 1 aliphatic carbocycles. The van der Waals surface area contributed by atoms with Crippen LogP contribution in [0.25, 0.3) is 0 Å². The number of nitrogens with one attached hydrogen (secondary N) is 1. The van der Waals surface area contributed by atoms with Gasteiger partial charge in [0.1, 0.15) is 10.7 Å². The number of carbonyl (C=O) groups is 1. The van der Waals surface area contributed by atoms with E-state index in [-0.39, 0.29) is 10.8 Å². The number of amides is 1. The summed E-state index contributed by atoms with van der Waals surface area (Å²) in [5.74, 6) is -0.185. The molecule has 1 aromatic rings. The van der Waals surface area contributed by atoms with Gasteiger partial charge in [0.2, 0.25) is 5.91 Å². The molecule has 1 heterocycles. The summed E-state index contributed by atoms with van der Waals surface area (Å²) in [6.07, 6.45) is 3.80. The molecule has 0 bridgehead atoms. The van der Waals surface area contributed by atoms with E-state index >= 15 is 0 Å². The number of hydrogen-bond acceptors (Lipinski definition) is 5. The lowest BCUT2D eigenvalue weighted by Crippen LogP contribution is -2.37. The van der Waals surface area contributed by atoms with E-state index in [1.165, 1.54) is 18.3 Å². The molecule has 2 rings (SSSR count). The summed E-state index contributed by atoms with van der Waals surface area (Å²) in [6.45, 7) is 5.38.